The molecule has 1 saturated carbocycles. The van der Waals surface area contributed by atoms with Crippen molar-refractivity contribution in [1.82, 2.24) is 0 Å². The first-order chi connectivity index (χ1) is 9.08. The highest BCUT2D eigenvalue weighted by Crippen LogP contribution is 2.52. The molecule has 0 aliphatic heterocycles. The Balaban J connectivity index is 1.97. The fourth-order valence-electron chi connectivity index (χ4n) is 1.92. The minimum Gasteiger partial charge on any atom is -0.497 e. The minimum absolute atomic E-state index is 0.104. The summed E-state index contributed by atoms with van der Waals surface area (Å²) in [5.74, 6) is 1.56. The van der Waals surface area contributed by atoms with Gasteiger partial charge in [0.05, 0.1) is 20.6 Å². The number of benzene rings is 1. The predicted octanol–water partition coefficient (Wildman–Crippen LogP) is 2.71. The molecule has 1 fully saturated rings. The maximum Gasteiger partial charge on any atom is 0.306 e. The smallest absolute Gasteiger partial charge is 0.306 e. The van der Waals surface area contributed by atoms with Gasteiger partial charge in [0.2, 0.25) is 0 Å². The summed E-state index contributed by atoms with van der Waals surface area (Å²) in [4.78, 5) is 12.4. The molecule has 2 N–H and O–H groups in total. The van der Waals surface area contributed by atoms with Gasteiger partial charge in [-0.05, 0) is 36.5 Å². The van der Waals surface area contributed by atoms with Gasteiger partial charge in [-0.3, -0.25) is 4.79 Å². The summed E-state index contributed by atoms with van der Waals surface area (Å²) in [6, 6.07) is 5.63. The van der Waals surface area contributed by atoms with Crippen molar-refractivity contribution in [3.63, 3.8) is 0 Å². The summed E-state index contributed by atoms with van der Waals surface area (Å²) in [7, 11) is 3.07. The molecule has 2 rings (SSSR count). The van der Waals surface area contributed by atoms with Crippen molar-refractivity contribution in [2.24, 2.45) is 5.41 Å². The highest BCUT2D eigenvalue weighted by molar-refractivity contribution is 7.99. The zero-order valence-electron chi connectivity index (χ0n) is 11.3. The van der Waals surface area contributed by atoms with Crippen LogP contribution in [0.5, 0.6) is 5.75 Å². The molecule has 4 nitrogen and oxygen atoms in total. The second-order valence-corrected chi connectivity index (χ2v) is 5.96. The zero-order valence-corrected chi connectivity index (χ0v) is 12.1. The van der Waals surface area contributed by atoms with E-state index in [-0.39, 0.29) is 11.4 Å². The van der Waals surface area contributed by atoms with E-state index >= 15 is 0 Å². The van der Waals surface area contributed by atoms with Crippen LogP contribution in [0.1, 0.15) is 19.3 Å². The van der Waals surface area contributed by atoms with Gasteiger partial charge in [0.1, 0.15) is 5.75 Å². The van der Waals surface area contributed by atoms with Gasteiger partial charge in [-0.15, -0.1) is 11.8 Å². The Morgan fingerprint density at radius 2 is 2.16 bits per heavy atom. The van der Waals surface area contributed by atoms with Crippen molar-refractivity contribution in [1.29, 1.82) is 0 Å². The summed E-state index contributed by atoms with van der Waals surface area (Å²) >= 11 is 1.69. The Morgan fingerprint density at radius 1 is 1.42 bits per heavy atom. The highest BCUT2D eigenvalue weighted by Gasteiger charge is 2.44. The van der Waals surface area contributed by atoms with E-state index in [1.807, 2.05) is 18.2 Å². The molecule has 0 radical (unpaired) electrons. The number of methoxy groups -OCH3 is 2. The standard InChI is InChI=1S/C14H19NO3S/c1-17-10-3-4-11(15)12(7-10)19-9-14(5-6-14)8-13(16)18-2/h3-4,7H,5-6,8-9,15H2,1-2H3. The van der Waals surface area contributed by atoms with Crippen molar-refractivity contribution in [3.05, 3.63) is 18.2 Å². The molecule has 1 aromatic carbocycles. The van der Waals surface area contributed by atoms with Crippen LogP contribution in [0, 0.1) is 5.41 Å². The fourth-order valence-corrected chi connectivity index (χ4v) is 3.21. The molecule has 0 aromatic heterocycles. The van der Waals surface area contributed by atoms with E-state index in [2.05, 4.69) is 0 Å². The third kappa shape index (κ3) is 3.56. The molecule has 0 heterocycles. The third-order valence-corrected chi connectivity index (χ3v) is 4.88. The van der Waals surface area contributed by atoms with E-state index < -0.39 is 0 Å². The maximum atomic E-state index is 11.4. The average molecular weight is 281 g/mol. The Labute approximate surface area is 117 Å². The molecule has 5 heteroatoms. The molecule has 0 amide bonds. The van der Waals surface area contributed by atoms with Gasteiger partial charge >= 0.3 is 5.97 Å². The number of carbonyl (C=O) groups excluding carboxylic acids is 1. The number of esters is 1. The van der Waals surface area contributed by atoms with E-state index in [1.165, 1.54) is 7.11 Å². The molecule has 19 heavy (non-hydrogen) atoms. The van der Waals surface area contributed by atoms with E-state index in [1.54, 1.807) is 18.9 Å². The second-order valence-electron chi connectivity index (χ2n) is 4.95. The zero-order chi connectivity index (χ0) is 13.9. The van der Waals surface area contributed by atoms with Crippen LogP contribution in [0.2, 0.25) is 0 Å². The number of thioether (sulfide) groups is 1. The van der Waals surface area contributed by atoms with Gasteiger partial charge in [0.25, 0.3) is 0 Å². The maximum absolute atomic E-state index is 11.4. The molecule has 0 saturated heterocycles. The average Bonchev–Trinajstić information content (AvgIpc) is 3.18. The van der Waals surface area contributed by atoms with E-state index in [0.29, 0.717) is 6.42 Å². The molecular weight excluding hydrogens is 262 g/mol. The molecule has 0 atom stereocenters. The van der Waals surface area contributed by atoms with Crippen LogP contribution in [-0.4, -0.2) is 25.9 Å². The lowest BCUT2D eigenvalue weighted by Gasteiger charge is -2.14. The van der Waals surface area contributed by atoms with Crippen LogP contribution >= 0.6 is 11.8 Å². The van der Waals surface area contributed by atoms with E-state index in [4.69, 9.17) is 15.2 Å². The van der Waals surface area contributed by atoms with Crippen molar-refractivity contribution < 1.29 is 14.3 Å². The summed E-state index contributed by atoms with van der Waals surface area (Å²) in [5.41, 5.74) is 6.81. The minimum atomic E-state index is -0.128. The van der Waals surface area contributed by atoms with Gasteiger partial charge in [-0.1, -0.05) is 0 Å². The molecule has 0 spiro atoms. The van der Waals surface area contributed by atoms with Gasteiger partial charge in [0, 0.05) is 16.3 Å². The Morgan fingerprint density at radius 3 is 2.74 bits per heavy atom. The Kier molecular flexibility index (Phi) is 4.24. The van der Waals surface area contributed by atoms with Crippen LogP contribution in [0.15, 0.2) is 23.1 Å². The largest absolute Gasteiger partial charge is 0.497 e. The molecule has 1 aliphatic carbocycles. The molecule has 1 aliphatic rings. The van der Waals surface area contributed by atoms with Gasteiger partial charge in [-0.2, -0.15) is 0 Å². The van der Waals surface area contributed by atoms with Crippen LogP contribution in [0.3, 0.4) is 0 Å². The normalized spacial score (nSPS) is 15.9. The van der Waals surface area contributed by atoms with Crippen molar-refractivity contribution in [2.75, 3.05) is 25.7 Å². The molecule has 1 aromatic rings. The van der Waals surface area contributed by atoms with Crippen LogP contribution in [0.4, 0.5) is 5.69 Å². The molecular formula is C14H19NO3S. The topological polar surface area (TPSA) is 61.5 Å². The van der Waals surface area contributed by atoms with Crippen molar-refractivity contribution >= 4 is 23.4 Å². The van der Waals surface area contributed by atoms with Crippen LogP contribution in [-0.2, 0) is 9.53 Å². The highest BCUT2D eigenvalue weighted by atomic mass is 32.2. The second kappa shape index (κ2) is 5.74. The van der Waals surface area contributed by atoms with Gasteiger partial charge < -0.3 is 15.2 Å². The first-order valence-corrected chi connectivity index (χ1v) is 7.20. The third-order valence-electron chi connectivity index (χ3n) is 3.46. The van der Waals surface area contributed by atoms with E-state index in [0.717, 1.165) is 34.9 Å². The molecule has 0 unspecified atom stereocenters. The summed E-state index contributed by atoms with van der Waals surface area (Å²) in [6.45, 7) is 0. The predicted molar refractivity (Wildman–Crippen MR) is 76.4 cm³/mol. The number of rotatable bonds is 6. The lowest BCUT2D eigenvalue weighted by Crippen LogP contribution is -2.13. The number of ether oxygens (including phenoxy) is 2. The monoisotopic (exact) mass is 281 g/mol. The fraction of sp³-hybridized carbons (Fsp3) is 0.500. The van der Waals surface area contributed by atoms with Crippen LogP contribution in [0.25, 0.3) is 0 Å². The summed E-state index contributed by atoms with van der Waals surface area (Å²) < 4.78 is 9.94. The SMILES string of the molecule is COC(=O)CC1(CSc2cc(OC)ccc2N)CC1. The van der Waals surface area contributed by atoms with Crippen molar-refractivity contribution in [2.45, 2.75) is 24.2 Å². The van der Waals surface area contributed by atoms with Gasteiger partial charge in [0.15, 0.2) is 0 Å². The lowest BCUT2D eigenvalue weighted by atomic mass is 10.1. The number of anilines is 1. The first kappa shape index (κ1) is 14.1. The number of hydrogen-bond donors (Lipinski definition) is 1. The molecule has 0 bridgehead atoms. The van der Waals surface area contributed by atoms with Crippen LogP contribution < -0.4 is 10.5 Å². The van der Waals surface area contributed by atoms with Gasteiger partial charge in [-0.25, -0.2) is 0 Å². The summed E-state index contributed by atoms with van der Waals surface area (Å²) in [6.07, 6.45) is 2.66. The number of nitrogen functional groups attached to an aromatic ring is 1. The Hall–Kier alpha value is -1.36. The number of carbonyl (C=O) groups is 1. The van der Waals surface area contributed by atoms with Crippen molar-refractivity contribution in [3.8, 4) is 5.75 Å². The number of hydrogen-bond acceptors (Lipinski definition) is 5. The van der Waals surface area contributed by atoms with E-state index in [9.17, 15) is 4.79 Å². The molecule has 104 valence electrons. The quantitative estimate of drug-likeness (QED) is 0.493. The number of nitrogens with two attached hydrogens (primary N) is 1. The first-order valence-electron chi connectivity index (χ1n) is 6.22. The lowest BCUT2D eigenvalue weighted by molar-refractivity contribution is -0.141. The summed E-state index contributed by atoms with van der Waals surface area (Å²) in [5, 5.41) is 0. The Bertz CT molecular complexity index is 472.